The van der Waals surface area contributed by atoms with Gasteiger partial charge in [-0.25, -0.2) is 4.79 Å². The van der Waals surface area contributed by atoms with Gasteiger partial charge in [0.25, 0.3) is 0 Å². The van der Waals surface area contributed by atoms with Crippen LogP contribution in [0, 0.1) is 5.41 Å². The van der Waals surface area contributed by atoms with Gasteiger partial charge < -0.3 is 14.7 Å². The number of anilines is 1. The number of carboxylic acids is 1. The molecular weight excluding hydrogens is 246 g/mol. The molecule has 1 heterocycles. The first-order chi connectivity index (χ1) is 8.94. The van der Waals surface area contributed by atoms with Gasteiger partial charge in [0, 0.05) is 12.7 Å². The summed E-state index contributed by atoms with van der Waals surface area (Å²) in [5, 5.41) is 8.83. The van der Waals surface area contributed by atoms with E-state index in [2.05, 4.69) is 0 Å². The van der Waals surface area contributed by atoms with Crippen molar-refractivity contribution in [2.75, 3.05) is 18.6 Å². The monoisotopic (exact) mass is 261 g/mol. The smallest absolute Gasteiger partial charge is 0.335 e. The number of ether oxygens (including phenoxy) is 1. The molecule has 1 N–H and O–H groups in total. The molecule has 1 aromatic carbocycles. The number of hydrogen-bond donors (Lipinski definition) is 1. The second-order valence-corrected chi connectivity index (χ2v) is 4.75. The van der Waals surface area contributed by atoms with E-state index in [1.807, 2.05) is 0 Å². The lowest BCUT2D eigenvalue weighted by atomic mass is 9.91. The van der Waals surface area contributed by atoms with Gasteiger partial charge in [-0.3, -0.25) is 4.79 Å². The molecular formula is C14H15NO4. The number of carbonyl (C=O) groups is 2. The number of aromatic carboxylic acids is 1. The third kappa shape index (κ3) is 2.45. The highest BCUT2D eigenvalue weighted by atomic mass is 16.5. The van der Waals surface area contributed by atoms with Crippen LogP contribution in [0.1, 0.15) is 17.3 Å². The normalized spacial score (nSPS) is 20.9. The maximum absolute atomic E-state index is 12.4. The molecule has 1 aliphatic heterocycles. The molecule has 1 aliphatic rings. The van der Waals surface area contributed by atoms with E-state index < -0.39 is 11.4 Å². The van der Waals surface area contributed by atoms with Crippen LogP contribution in [0.5, 0.6) is 0 Å². The molecule has 1 atom stereocenters. The van der Waals surface area contributed by atoms with E-state index in [-0.39, 0.29) is 11.5 Å². The first-order valence-electron chi connectivity index (χ1n) is 5.85. The van der Waals surface area contributed by atoms with Gasteiger partial charge in [0.2, 0.25) is 5.91 Å². The quantitative estimate of drug-likeness (QED) is 0.902. The van der Waals surface area contributed by atoms with E-state index in [1.165, 1.54) is 23.3 Å². The van der Waals surface area contributed by atoms with Gasteiger partial charge in [-0.1, -0.05) is 0 Å². The molecule has 0 bridgehead atoms. The third-order valence-corrected chi connectivity index (χ3v) is 3.21. The van der Waals surface area contributed by atoms with Gasteiger partial charge >= 0.3 is 5.97 Å². The number of carbonyl (C=O) groups excluding carboxylic acids is 1. The zero-order chi connectivity index (χ0) is 14.0. The Morgan fingerprint density at radius 1 is 1.32 bits per heavy atom. The summed E-state index contributed by atoms with van der Waals surface area (Å²) in [6.45, 7) is 2.13. The first-order valence-corrected chi connectivity index (χ1v) is 5.85. The van der Waals surface area contributed by atoms with Crippen LogP contribution >= 0.6 is 0 Å². The molecule has 0 spiro atoms. The van der Waals surface area contributed by atoms with Gasteiger partial charge in [-0.2, -0.15) is 0 Å². The number of carboxylic acid groups (broad SMARTS) is 1. The fourth-order valence-corrected chi connectivity index (χ4v) is 1.93. The van der Waals surface area contributed by atoms with Crippen molar-refractivity contribution in [2.24, 2.45) is 5.41 Å². The Balaban J connectivity index is 2.19. The predicted octanol–water partition coefficient (Wildman–Crippen LogP) is 1.90. The predicted molar refractivity (Wildman–Crippen MR) is 70.0 cm³/mol. The van der Waals surface area contributed by atoms with Crippen LogP contribution < -0.4 is 4.90 Å². The Labute approximate surface area is 111 Å². The Morgan fingerprint density at radius 2 is 1.95 bits per heavy atom. The highest BCUT2D eigenvalue weighted by molar-refractivity contribution is 5.99. The summed E-state index contributed by atoms with van der Waals surface area (Å²) in [4.78, 5) is 24.6. The summed E-state index contributed by atoms with van der Waals surface area (Å²) in [7, 11) is 1.66. The minimum atomic E-state index is -0.986. The Hall–Kier alpha value is -2.30. The van der Waals surface area contributed by atoms with Gasteiger partial charge in [-0.15, -0.1) is 0 Å². The molecule has 5 nitrogen and oxygen atoms in total. The number of benzene rings is 1. The largest absolute Gasteiger partial charge is 0.500 e. The minimum absolute atomic E-state index is 0.0932. The molecule has 1 aromatic rings. The molecule has 1 unspecified atom stereocenters. The van der Waals surface area contributed by atoms with Crippen molar-refractivity contribution in [1.82, 2.24) is 0 Å². The maximum atomic E-state index is 12.4. The molecule has 0 aliphatic carbocycles. The average molecular weight is 261 g/mol. The number of nitrogens with zero attached hydrogens (tertiary/aromatic N) is 1. The molecule has 19 heavy (non-hydrogen) atoms. The van der Waals surface area contributed by atoms with Gasteiger partial charge in [-0.05, 0) is 37.3 Å². The van der Waals surface area contributed by atoms with E-state index in [9.17, 15) is 9.59 Å². The first kappa shape index (κ1) is 13.1. The highest BCUT2D eigenvalue weighted by Crippen LogP contribution is 2.29. The molecule has 0 aromatic heterocycles. The minimum Gasteiger partial charge on any atom is -0.500 e. The summed E-state index contributed by atoms with van der Waals surface area (Å²) in [6.07, 6.45) is 3.26. The number of rotatable bonds is 3. The molecule has 1 amide bonds. The Bertz CT molecular complexity index is 535. The molecule has 100 valence electrons. The zero-order valence-corrected chi connectivity index (χ0v) is 10.8. The average Bonchev–Trinajstić information content (AvgIpc) is 2.85. The molecule has 0 saturated heterocycles. The standard InChI is InChI=1S/C14H15NO4/c1-14(7-8-19-9-14)13(18)15(2)11-5-3-10(4-6-11)12(16)17/h3-8H,9H2,1-2H3,(H,16,17). The second-order valence-electron chi connectivity index (χ2n) is 4.75. The van der Waals surface area contributed by atoms with Crippen molar-refractivity contribution >= 4 is 17.6 Å². The molecule has 0 radical (unpaired) electrons. The molecule has 0 fully saturated rings. The van der Waals surface area contributed by atoms with Crippen LogP contribution in [-0.4, -0.2) is 30.6 Å². The van der Waals surface area contributed by atoms with E-state index in [0.717, 1.165) is 0 Å². The van der Waals surface area contributed by atoms with Gasteiger partial charge in [0.15, 0.2) is 0 Å². The Kier molecular flexibility index (Phi) is 3.29. The summed E-state index contributed by atoms with van der Waals surface area (Å²) in [5.74, 6) is -1.08. The van der Waals surface area contributed by atoms with Crippen LogP contribution in [-0.2, 0) is 9.53 Å². The number of hydrogen-bond acceptors (Lipinski definition) is 3. The van der Waals surface area contributed by atoms with E-state index in [1.54, 1.807) is 32.2 Å². The summed E-state index contributed by atoms with van der Waals surface area (Å²) < 4.78 is 5.11. The van der Waals surface area contributed by atoms with E-state index in [4.69, 9.17) is 9.84 Å². The zero-order valence-electron chi connectivity index (χ0n) is 10.8. The summed E-state index contributed by atoms with van der Waals surface area (Å²) in [5.41, 5.74) is 0.177. The fourth-order valence-electron chi connectivity index (χ4n) is 1.93. The topological polar surface area (TPSA) is 66.8 Å². The lowest BCUT2D eigenvalue weighted by Gasteiger charge is -2.26. The van der Waals surface area contributed by atoms with E-state index in [0.29, 0.717) is 12.3 Å². The fraction of sp³-hybridized carbons (Fsp3) is 0.286. The Morgan fingerprint density at radius 3 is 2.42 bits per heavy atom. The van der Waals surface area contributed by atoms with Crippen molar-refractivity contribution in [2.45, 2.75) is 6.92 Å². The highest BCUT2D eigenvalue weighted by Gasteiger charge is 2.37. The SMILES string of the molecule is CN(C(=O)C1(C)C=COC1)c1ccc(C(=O)O)cc1. The van der Waals surface area contributed by atoms with Gasteiger partial charge in [0.05, 0.1) is 11.8 Å². The second kappa shape index (κ2) is 4.76. The van der Waals surface area contributed by atoms with Crippen LogP contribution in [0.15, 0.2) is 36.6 Å². The van der Waals surface area contributed by atoms with Crippen LogP contribution in [0.3, 0.4) is 0 Å². The van der Waals surface area contributed by atoms with Gasteiger partial charge in [0.1, 0.15) is 12.0 Å². The van der Waals surface area contributed by atoms with Crippen molar-refractivity contribution in [3.63, 3.8) is 0 Å². The van der Waals surface area contributed by atoms with Crippen molar-refractivity contribution < 1.29 is 19.4 Å². The van der Waals surface area contributed by atoms with E-state index >= 15 is 0 Å². The van der Waals surface area contributed by atoms with Crippen LogP contribution in [0.2, 0.25) is 0 Å². The summed E-state index contributed by atoms with van der Waals surface area (Å²) in [6, 6.07) is 6.18. The van der Waals surface area contributed by atoms with Crippen molar-refractivity contribution in [3.8, 4) is 0 Å². The van der Waals surface area contributed by atoms with Crippen molar-refractivity contribution in [1.29, 1.82) is 0 Å². The van der Waals surface area contributed by atoms with Crippen molar-refractivity contribution in [3.05, 3.63) is 42.2 Å². The lowest BCUT2D eigenvalue weighted by molar-refractivity contribution is -0.125. The van der Waals surface area contributed by atoms with Crippen LogP contribution in [0.4, 0.5) is 5.69 Å². The molecule has 5 heteroatoms. The third-order valence-electron chi connectivity index (χ3n) is 3.21. The van der Waals surface area contributed by atoms with Crippen LogP contribution in [0.25, 0.3) is 0 Å². The molecule has 2 rings (SSSR count). The lowest BCUT2D eigenvalue weighted by Crippen LogP contribution is -2.40. The number of amides is 1. The summed E-state index contributed by atoms with van der Waals surface area (Å²) >= 11 is 0. The maximum Gasteiger partial charge on any atom is 0.335 e. The molecule has 0 saturated carbocycles.